The van der Waals surface area contributed by atoms with Crippen molar-refractivity contribution in [1.82, 2.24) is 10.2 Å². The maximum Gasteiger partial charge on any atom is 0.318 e. The van der Waals surface area contributed by atoms with Crippen LogP contribution in [-0.4, -0.2) is 18.0 Å². The first-order valence-electron chi connectivity index (χ1n) is 5.93. The van der Waals surface area contributed by atoms with Crippen molar-refractivity contribution in [2.24, 2.45) is 0 Å². The third-order valence-electron chi connectivity index (χ3n) is 3.82. The molecule has 0 unspecified atom stereocenters. The Balaban J connectivity index is 2.71. The van der Waals surface area contributed by atoms with Gasteiger partial charge in [-0.25, -0.2) is 4.79 Å². The molecule has 2 rings (SSSR count). The van der Waals surface area contributed by atoms with Crippen molar-refractivity contribution in [3.8, 4) is 0 Å². The number of benzene rings is 1. The molecule has 0 atom stereocenters. The third kappa shape index (κ3) is 1.70. The molecule has 1 aromatic carbocycles. The average Bonchev–Trinajstić information content (AvgIpc) is 2.30. The van der Waals surface area contributed by atoms with Crippen molar-refractivity contribution >= 4 is 6.03 Å². The van der Waals surface area contributed by atoms with Crippen LogP contribution >= 0.6 is 0 Å². The summed E-state index contributed by atoms with van der Waals surface area (Å²) in [6.07, 6.45) is 0. The van der Waals surface area contributed by atoms with Crippen LogP contribution in [0.25, 0.3) is 0 Å². The summed E-state index contributed by atoms with van der Waals surface area (Å²) in [7, 11) is 1.84. The van der Waals surface area contributed by atoms with E-state index < -0.39 is 0 Å². The van der Waals surface area contributed by atoms with Crippen LogP contribution < -0.4 is 5.32 Å². The van der Waals surface area contributed by atoms with Gasteiger partial charge >= 0.3 is 6.03 Å². The molecule has 0 spiro atoms. The normalized spacial score (nSPS) is 21.5. The molecule has 0 aromatic heterocycles. The molecule has 3 nitrogen and oxygen atoms in total. The minimum atomic E-state index is -0.338. The van der Waals surface area contributed by atoms with Gasteiger partial charge in [0.15, 0.2) is 0 Å². The Labute approximate surface area is 103 Å². The van der Waals surface area contributed by atoms with E-state index in [0.29, 0.717) is 0 Å². The highest BCUT2D eigenvalue weighted by Crippen LogP contribution is 2.37. The van der Waals surface area contributed by atoms with Gasteiger partial charge in [-0.05, 0) is 38.8 Å². The lowest BCUT2D eigenvalue weighted by molar-refractivity contribution is 0.156. The molecule has 1 aliphatic rings. The summed E-state index contributed by atoms with van der Waals surface area (Å²) in [4.78, 5) is 13.9. The molecule has 0 saturated carbocycles. The molecule has 2 amide bonds. The van der Waals surface area contributed by atoms with E-state index in [1.807, 2.05) is 33.0 Å². The van der Waals surface area contributed by atoms with Crippen LogP contribution in [0.5, 0.6) is 0 Å². The minimum absolute atomic E-state index is 0.0313. The molecule has 3 heteroatoms. The highest BCUT2D eigenvalue weighted by Gasteiger charge is 2.40. The van der Waals surface area contributed by atoms with E-state index in [1.165, 1.54) is 11.1 Å². The van der Waals surface area contributed by atoms with E-state index in [2.05, 4.69) is 31.3 Å². The Morgan fingerprint density at radius 1 is 1.06 bits per heavy atom. The van der Waals surface area contributed by atoms with Crippen molar-refractivity contribution in [2.45, 2.75) is 38.8 Å². The van der Waals surface area contributed by atoms with Crippen molar-refractivity contribution in [3.05, 3.63) is 35.4 Å². The molecule has 17 heavy (non-hydrogen) atoms. The van der Waals surface area contributed by atoms with Crippen LogP contribution in [0.1, 0.15) is 38.8 Å². The number of carbonyl (C=O) groups is 1. The van der Waals surface area contributed by atoms with Gasteiger partial charge in [-0.1, -0.05) is 24.3 Å². The summed E-state index contributed by atoms with van der Waals surface area (Å²) in [6.45, 7) is 8.23. The van der Waals surface area contributed by atoms with Crippen molar-refractivity contribution in [2.75, 3.05) is 7.05 Å². The van der Waals surface area contributed by atoms with Crippen LogP contribution in [0.4, 0.5) is 4.79 Å². The zero-order chi connectivity index (χ0) is 12.8. The molecule has 0 aliphatic carbocycles. The average molecular weight is 232 g/mol. The van der Waals surface area contributed by atoms with Crippen molar-refractivity contribution < 1.29 is 4.79 Å². The summed E-state index contributed by atoms with van der Waals surface area (Å²) in [6, 6.07) is 8.22. The highest BCUT2D eigenvalue weighted by atomic mass is 16.2. The topological polar surface area (TPSA) is 32.3 Å². The van der Waals surface area contributed by atoms with Gasteiger partial charge in [-0.15, -0.1) is 0 Å². The first-order chi connectivity index (χ1) is 7.77. The molecular weight excluding hydrogens is 212 g/mol. The monoisotopic (exact) mass is 232 g/mol. The third-order valence-corrected chi connectivity index (χ3v) is 3.82. The lowest BCUT2D eigenvalue weighted by atomic mass is 9.82. The number of hydrogen-bond donors (Lipinski definition) is 1. The molecule has 1 aliphatic heterocycles. The van der Waals surface area contributed by atoms with Crippen molar-refractivity contribution in [1.29, 1.82) is 0 Å². The highest BCUT2D eigenvalue weighted by molar-refractivity contribution is 5.77. The van der Waals surface area contributed by atoms with Gasteiger partial charge in [0.05, 0.1) is 11.1 Å². The quantitative estimate of drug-likeness (QED) is 0.733. The SMILES string of the molecule is CN1C(=O)NC(C)(C)c2ccccc2C1(C)C. The molecule has 1 aromatic rings. The molecule has 92 valence electrons. The standard InChI is InChI=1S/C14H20N2O/c1-13(2)10-8-6-7-9-11(10)14(3,4)16(5)12(17)15-13/h6-9H,1-5H3,(H,15,17). The van der Waals surface area contributed by atoms with Crippen LogP contribution in [0.3, 0.4) is 0 Å². The summed E-state index contributed by atoms with van der Waals surface area (Å²) in [5, 5.41) is 3.07. The summed E-state index contributed by atoms with van der Waals surface area (Å²) >= 11 is 0. The number of carbonyl (C=O) groups excluding carboxylic acids is 1. The number of hydrogen-bond acceptors (Lipinski definition) is 1. The molecule has 0 bridgehead atoms. The van der Waals surface area contributed by atoms with Crippen LogP contribution in [0, 0.1) is 0 Å². The second kappa shape index (κ2) is 3.49. The first kappa shape index (κ1) is 12.0. The van der Waals surface area contributed by atoms with Gasteiger partial charge in [-0.3, -0.25) is 0 Å². The van der Waals surface area contributed by atoms with Gasteiger partial charge in [0.1, 0.15) is 0 Å². The Morgan fingerprint density at radius 2 is 1.59 bits per heavy atom. The fourth-order valence-electron chi connectivity index (χ4n) is 2.41. The molecular formula is C14H20N2O. The van der Waals surface area contributed by atoms with Gasteiger partial charge in [-0.2, -0.15) is 0 Å². The van der Waals surface area contributed by atoms with Gasteiger partial charge in [0, 0.05) is 7.05 Å². The Bertz CT molecular complexity index is 463. The largest absolute Gasteiger partial charge is 0.329 e. The van der Waals surface area contributed by atoms with Crippen molar-refractivity contribution in [3.63, 3.8) is 0 Å². The van der Waals surface area contributed by atoms with E-state index in [1.54, 1.807) is 4.90 Å². The zero-order valence-electron chi connectivity index (χ0n) is 11.2. The van der Waals surface area contributed by atoms with Gasteiger partial charge < -0.3 is 10.2 Å². The maximum atomic E-state index is 12.1. The lowest BCUT2D eigenvalue weighted by Crippen LogP contribution is -2.48. The zero-order valence-corrected chi connectivity index (χ0v) is 11.2. The summed E-state index contributed by atoms with van der Waals surface area (Å²) in [5.74, 6) is 0. The molecule has 0 fully saturated rings. The molecule has 1 N–H and O–H groups in total. The number of rotatable bonds is 0. The van der Waals surface area contributed by atoms with Crippen LogP contribution in [0.15, 0.2) is 24.3 Å². The molecule has 0 radical (unpaired) electrons. The second-order valence-corrected chi connectivity index (χ2v) is 5.72. The first-order valence-corrected chi connectivity index (χ1v) is 5.93. The van der Waals surface area contributed by atoms with E-state index in [-0.39, 0.29) is 17.1 Å². The smallest absolute Gasteiger partial charge is 0.318 e. The maximum absolute atomic E-state index is 12.1. The van der Waals surface area contributed by atoms with E-state index in [0.717, 1.165) is 0 Å². The number of nitrogens with one attached hydrogen (secondary N) is 1. The molecule has 0 saturated heterocycles. The number of fused-ring (bicyclic) bond motifs is 1. The van der Waals surface area contributed by atoms with Gasteiger partial charge in [0.2, 0.25) is 0 Å². The van der Waals surface area contributed by atoms with Crippen LogP contribution in [-0.2, 0) is 11.1 Å². The van der Waals surface area contributed by atoms with E-state index >= 15 is 0 Å². The predicted molar refractivity (Wildman–Crippen MR) is 68.8 cm³/mol. The fraction of sp³-hybridized carbons (Fsp3) is 0.500. The van der Waals surface area contributed by atoms with E-state index in [4.69, 9.17) is 0 Å². The Morgan fingerprint density at radius 3 is 2.18 bits per heavy atom. The predicted octanol–water partition coefficient (Wildman–Crippen LogP) is 2.81. The number of urea groups is 1. The number of nitrogens with zero attached hydrogens (tertiary/aromatic N) is 1. The number of amides is 2. The van der Waals surface area contributed by atoms with E-state index in [9.17, 15) is 4.79 Å². The minimum Gasteiger partial charge on any atom is -0.329 e. The lowest BCUT2D eigenvalue weighted by Gasteiger charge is -2.34. The Kier molecular flexibility index (Phi) is 2.45. The van der Waals surface area contributed by atoms with Gasteiger partial charge in [0.25, 0.3) is 0 Å². The van der Waals surface area contributed by atoms with Crippen LogP contribution in [0.2, 0.25) is 0 Å². The Hall–Kier alpha value is -1.51. The fourth-order valence-corrected chi connectivity index (χ4v) is 2.41. The molecule has 1 heterocycles. The summed E-state index contributed by atoms with van der Waals surface area (Å²) < 4.78 is 0. The second-order valence-electron chi connectivity index (χ2n) is 5.72. The summed E-state index contributed by atoms with van der Waals surface area (Å²) in [5.41, 5.74) is 1.75.